The lowest BCUT2D eigenvalue weighted by molar-refractivity contribution is 0.0148. The average molecular weight is 583 g/mol. The van der Waals surface area contributed by atoms with E-state index in [-0.39, 0.29) is 17.8 Å². The molecular formula is C30H42N6O6. The van der Waals surface area contributed by atoms with Crippen molar-refractivity contribution in [3.8, 4) is 0 Å². The van der Waals surface area contributed by atoms with Gasteiger partial charge in [-0.1, -0.05) is 12.1 Å². The molecule has 0 aliphatic carbocycles. The highest BCUT2D eigenvalue weighted by atomic mass is 16.6. The molecule has 1 aliphatic rings. The Hall–Kier alpha value is -4.16. The van der Waals surface area contributed by atoms with Gasteiger partial charge in [0.05, 0.1) is 12.2 Å². The fourth-order valence-electron chi connectivity index (χ4n) is 4.26. The zero-order valence-corrected chi connectivity index (χ0v) is 25.0. The van der Waals surface area contributed by atoms with E-state index in [9.17, 15) is 19.2 Å². The predicted octanol–water partition coefficient (Wildman–Crippen LogP) is 3.87. The van der Waals surface area contributed by atoms with Gasteiger partial charge in [-0.05, 0) is 58.0 Å². The number of ketones is 1. The van der Waals surface area contributed by atoms with Gasteiger partial charge >= 0.3 is 12.1 Å². The molecule has 0 aromatic heterocycles. The molecule has 0 spiro atoms. The number of benzene rings is 2. The van der Waals surface area contributed by atoms with Crippen molar-refractivity contribution in [3.63, 3.8) is 0 Å². The van der Waals surface area contributed by atoms with Crippen molar-refractivity contribution < 1.29 is 28.7 Å². The third kappa shape index (κ3) is 10.3. The zero-order valence-electron chi connectivity index (χ0n) is 25.0. The Morgan fingerprint density at radius 3 is 2.24 bits per heavy atom. The summed E-state index contributed by atoms with van der Waals surface area (Å²) in [7, 11) is 1.56. The van der Waals surface area contributed by atoms with Gasteiger partial charge < -0.3 is 35.6 Å². The average Bonchev–Trinajstić information content (AvgIpc) is 2.93. The van der Waals surface area contributed by atoms with Gasteiger partial charge in [-0.25, -0.2) is 9.59 Å². The van der Waals surface area contributed by atoms with Crippen LogP contribution in [0.3, 0.4) is 0 Å². The lowest BCUT2D eigenvalue weighted by atomic mass is 10.1. The number of nitrogens with one attached hydrogen (secondary N) is 4. The molecule has 0 unspecified atom stereocenters. The second kappa shape index (κ2) is 15.2. The minimum atomic E-state index is -0.525. The Morgan fingerprint density at radius 1 is 0.905 bits per heavy atom. The first-order valence-corrected chi connectivity index (χ1v) is 14.0. The van der Waals surface area contributed by atoms with Crippen molar-refractivity contribution in [2.45, 2.75) is 33.3 Å². The van der Waals surface area contributed by atoms with E-state index in [1.54, 1.807) is 54.5 Å². The van der Waals surface area contributed by atoms with E-state index in [1.807, 2.05) is 20.8 Å². The summed E-state index contributed by atoms with van der Waals surface area (Å²) >= 11 is 0. The van der Waals surface area contributed by atoms with E-state index in [4.69, 9.17) is 9.47 Å². The summed E-state index contributed by atoms with van der Waals surface area (Å²) in [5.74, 6) is -0.409. The Labute approximate surface area is 247 Å². The molecule has 3 rings (SSSR count). The van der Waals surface area contributed by atoms with Gasteiger partial charge in [0.1, 0.15) is 5.60 Å². The number of ether oxygens (including phenoxy) is 2. The van der Waals surface area contributed by atoms with Crippen LogP contribution in [0, 0.1) is 0 Å². The van der Waals surface area contributed by atoms with Gasteiger partial charge in [-0.15, -0.1) is 0 Å². The number of hydrogen-bond acceptors (Lipinski definition) is 8. The molecular weight excluding hydrogens is 540 g/mol. The van der Waals surface area contributed by atoms with Crippen LogP contribution >= 0.6 is 0 Å². The lowest BCUT2D eigenvalue weighted by Crippen LogP contribution is -2.50. The summed E-state index contributed by atoms with van der Waals surface area (Å²) < 4.78 is 10.5. The van der Waals surface area contributed by atoms with Crippen LogP contribution < -0.4 is 21.3 Å². The maximum absolute atomic E-state index is 13.0. The maximum Gasteiger partial charge on any atom is 0.410 e. The summed E-state index contributed by atoms with van der Waals surface area (Å²) in [5.41, 5.74) is 1.86. The van der Waals surface area contributed by atoms with E-state index < -0.39 is 11.6 Å². The number of urea groups is 1. The van der Waals surface area contributed by atoms with Crippen LogP contribution in [0.4, 0.5) is 26.7 Å². The largest absolute Gasteiger partial charge is 0.444 e. The molecule has 12 nitrogen and oxygen atoms in total. The summed E-state index contributed by atoms with van der Waals surface area (Å²) in [5, 5.41) is 11.6. The molecule has 2 aromatic rings. The Bertz CT molecular complexity index is 1250. The molecule has 4 amide bonds. The number of nitrogens with zero attached hydrogens (tertiary/aromatic N) is 2. The van der Waals surface area contributed by atoms with Crippen molar-refractivity contribution >= 4 is 40.9 Å². The molecule has 12 heteroatoms. The van der Waals surface area contributed by atoms with Crippen LogP contribution in [0.5, 0.6) is 0 Å². The van der Waals surface area contributed by atoms with Gasteiger partial charge in [0.2, 0.25) is 0 Å². The number of hydrogen-bond donors (Lipinski definition) is 4. The van der Waals surface area contributed by atoms with Crippen molar-refractivity contribution in [3.05, 3.63) is 53.6 Å². The molecule has 0 saturated carbocycles. The number of carbonyl (C=O) groups excluding carboxylic acids is 4. The van der Waals surface area contributed by atoms with Crippen LogP contribution in [0.1, 0.15) is 48.4 Å². The van der Waals surface area contributed by atoms with E-state index in [0.29, 0.717) is 67.5 Å². The highest BCUT2D eigenvalue weighted by Crippen LogP contribution is 2.22. The molecule has 1 aliphatic heterocycles. The molecule has 42 heavy (non-hydrogen) atoms. The lowest BCUT2D eigenvalue weighted by Gasteiger charge is -2.35. The molecule has 0 radical (unpaired) electrons. The van der Waals surface area contributed by atoms with Gasteiger partial charge in [-0.3, -0.25) is 14.5 Å². The van der Waals surface area contributed by atoms with Crippen LogP contribution in [0.25, 0.3) is 0 Å². The first-order chi connectivity index (χ1) is 19.9. The van der Waals surface area contributed by atoms with Crippen LogP contribution in [0.15, 0.2) is 42.5 Å². The highest BCUT2D eigenvalue weighted by molar-refractivity contribution is 6.04. The van der Waals surface area contributed by atoms with Gasteiger partial charge in [0.25, 0.3) is 5.91 Å². The van der Waals surface area contributed by atoms with Crippen LogP contribution in [0.2, 0.25) is 0 Å². The van der Waals surface area contributed by atoms with Crippen molar-refractivity contribution in [2.75, 3.05) is 75.5 Å². The molecule has 0 atom stereocenters. The van der Waals surface area contributed by atoms with E-state index in [0.717, 1.165) is 13.1 Å². The van der Waals surface area contributed by atoms with Crippen molar-refractivity contribution in [2.24, 2.45) is 0 Å². The minimum Gasteiger partial charge on any atom is -0.444 e. The molecule has 2 aromatic carbocycles. The fraction of sp³-hybridized carbons (Fsp3) is 0.467. The number of anilines is 3. The molecule has 1 heterocycles. The standard InChI is InChI=1S/C30H42N6O6/c1-21(37)22-7-6-8-23(19-22)33-28(39)34-24-9-10-26(25(20-24)27(38)32-12-18-41-5)31-11-13-35-14-16-36(17-15-35)29(40)42-30(2,3)4/h6-10,19-20,31H,11-18H2,1-5H3,(H,32,38)(H2,33,34,39). The summed E-state index contributed by atoms with van der Waals surface area (Å²) in [4.78, 5) is 53.6. The fourth-order valence-corrected chi connectivity index (χ4v) is 4.26. The highest BCUT2D eigenvalue weighted by Gasteiger charge is 2.25. The van der Waals surface area contributed by atoms with Crippen LogP contribution in [-0.4, -0.2) is 98.7 Å². The monoisotopic (exact) mass is 582 g/mol. The Morgan fingerprint density at radius 2 is 1.60 bits per heavy atom. The van der Waals surface area contributed by atoms with Crippen LogP contribution in [-0.2, 0) is 9.47 Å². The van der Waals surface area contributed by atoms with Crippen molar-refractivity contribution in [1.82, 2.24) is 15.1 Å². The Balaban J connectivity index is 1.59. The second-order valence-corrected chi connectivity index (χ2v) is 11.0. The summed E-state index contributed by atoms with van der Waals surface area (Å²) in [6, 6.07) is 11.2. The Kier molecular flexibility index (Phi) is 11.7. The molecule has 1 saturated heterocycles. The molecule has 1 fully saturated rings. The van der Waals surface area contributed by atoms with Crippen molar-refractivity contribution in [1.29, 1.82) is 0 Å². The summed E-state index contributed by atoms with van der Waals surface area (Å²) in [6.45, 7) is 11.6. The SMILES string of the molecule is COCCNC(=O)c1cc(NC(=O)Nc2cccc(C(C)=O)c2)ccc1NCCN1CCN(C(=O)OC(C)(C)C)CC1. The second-order valence-electron chi connectivity index (χ2n) is 11.0. The predicted molar refractivity (Wildman–Crippen MR) is 162 cm³/mol. The minimum absolute atomic E-state index is 0.102. The third-order valence-corrected chi connectivity index (χ3v) is 6.41. The first-order valence-electron chi connectivity index (χ1n) is 14.0. The number of Topliss-reactive ketones (excluding diaryl/α,β-unsaturated/α-hetero) is 1. The zero-order chi connectivity index (χ0) is 30.7. The first kappa shape index (κ1) is 32.4. The normalized spacial score (nSPS) is 13.7. The third-order valence-electron chi connectivity index (χ3n) is 6.41. The summed E-state index contributed by atoms with van der Waals surface area (Å²) in [6.07, 6.45) is -0.295. The van der Waals surface area contributed by atoms with Gasteiger partial charge in [0, 0.05) is 75.5 Å². The number of methoxy groups -OCH3 is 1. The quantitative estimate of drug-likeness (QED) is 0.231. The molecule has 4 N–H and O–H groups in total. The topological polar surface area (TPSA) is 141 Å². The number of amides is 4. The van der Waals surface area contributed by atoms with Gasteiger partial charge in [-0.2, -0.15) is 0 Å². The number of rotatable bonds is 11. The van der Waals surface area contributed by atoms with E-state index in [2.05, 4.69) is 26.2 Å². The number of carbonyl (C=O) groups is 4. The smallest absolute Gasteiger partial charge is 0.410 e. The van der Waals surface area contributed by atoms with E-state index in [1.165, 1.54) is 6.92 Å². The maximum atomic E-state index is 13.0. The number of piperazine rings is 1. The van der Waals surface area contributed by atoms with E-state index >= 15 is 0 Å². The van der Waals surface area contributed by atoms with Gasteiger partial charge in [0.15, 0.2) is 5.78 Å². The molecule has 228 valence electrons. The molecule has 0 bridgehead atoms.